The molecule has 4 aromatic heterocycles. The highest BCUT2D eigenvalue weighted by Crippen LogP contribution is 2.33. The number of aromatic nitrogens is 5. The first-order valence-corrected chi connectivity index (χ1v) is 14.9. The average Bonchev–Trinajstić information content (AvgIpc) is 3.63. The Morgan fingerprint density at radius 3 is 2.48 bits per heavy atom. The monoisotopic (exact) mass is 604 g/mol. The van der Waals surface area contributed by atoms with Crippen LogP contribution in [0.5, 0.6) is 5.75 Å². The summed E-state index contributed by atoms with van der Waals surface area (Å²) in [6, 6.07) is 21.0. The summed E-state index contributed by atoms with van der Waals surface area (Å²) in [4.78, 5) is 27.1. The van der Waals surface area contributed by atoms with Gasteiger partial charge in [-0.15, -0.1) is 11.3 Å². The molecule has 2 aromatic carbocycles. The summed E-state index contributed by atoms with van der Waals surface area (Å²) in [6.07, 6.45) is 6.59. The van der Waals surface area contributed by atoms with Crippen LogP contribution in [0.2, 0.25) is 0 Å². The van der Waals surface area contributed by atoms with Crippen LogP contribution in [-0.4, -0.2) is 30.8 Å². The zero-order valence-corrected chi connectivity index (χ0v) is 25.6. The molecular formula is C33H32N8O2S. The Balaban J connectivity index is 1.19. The van der Waals surface area contributed by atoms with Gasteiger partial charge in [-0.3, -0.25) is 10.3 Å². The second-order valence-corrected chi connectivity index (χ2v) is 12.5. The molecule has 0 aliphatic carbocycles. The van der Waals surface area contributed by atoms with E-state index in [1.54, 1.807) is 40.8 Å². The van der Waals surface area contributed by atoms with Crippen molar-refractivity contribution in [1.82, 2.24) is 24.7 Å². The third kappa shape index (κ3) is 6.52. The second-order valence-electron chi connectivity index (χ2n) is 11.3. The van der Waals surface area contributed by atoms with E-state index in [4.69, 9.17) is 9.84 Å². The van der Waals surface area contributed by atoms with Crippen molar-refractivity contribution in [2.45, 2.75) is 39.7 Å². The minimum absolute atomic E-state index is 0.179. The van der Waals surface area contributed by atoms with Gasteiger partial charge in [-0.2, -0.15) is 5.10 Å². The first kappa shape index (κ1) is 28.8. The zero-order valence-electron chi connectivity index (χ0n) is 24.8. The molecule has 0 spiro atoms. The number of carbonyl (C=O) groups excluding carboxylic acids is 1. The highest BCUT2D eigenvalue weighted by Gasteiger charge is 2.22. The topological polar surface area (TPSA) is 119 Å². The number of benzene rings is 2. The van der Waals surface area contributed by atoms with Crippen LogP contribution < -0.4 is 20.7 Å². The van der Waals surface area contributed by atoms with Crippen molar-refractivity contribution in [2.75, 3.05) is 16.0 Å². The number of carbonyl (C=O) groups is 1. The van der Waals surface area contributed by atoms with Gasteiger partial charge in [0.15, 0.2) is 0 Å². The maximum absolute atomic E-state index is 13.3. The fraction of sp³-hybridized carbons (Fsp3) is 0.182. The molecule has 0 fully saturated rings. The van der Waals surface area contributed by atoms with E-state index in [0.29, 0.717) is 35.5 Å². The molecular weight excluding hydrogens is 572 g/mol. The van der Waals surface area contributed by atoms with Gasteiger partial charge in [0.25, 0.3) is 0 Å². The average molecular weight is 605 g/mol. The summed E-state index contributed by atoms with van der Waals surface area (Å²) in [5.74, 6) is 2.56. The number of thiophene rings is 1. The van der Waals surface area contributed by atoms with Gasteiger partial charge in [0, 0.05) is 45.7 Å². The molecule has 44 heavy (non-hydrogen) atoms. The van der Waals surface area contributed by atoms with Gasteiger partial charge in [0.1, 0.15) is 34.8 Å². The molecule has 11 heteroatoms. The Hall–Kier alpha value is -5.29. The highest BCUT2D eigenvalue weighted by molar-refractivity contribution is 7.14. The van der Waals surface area contributed by atoms with Gasteiger partial charge in [-0.25, -0.2) is 19.4 Å². The summed E-state index contributed by atoms with van der Waals surface area (Å²) in [5.41, 5.74) is 2.31. The molecule has 2 amide bonds. The van der Waals surface area contributed by atoms with Crippen LogP contribution in [-0.2, 0) is 12.0 Å². The first-order chi connectivity index (χ1) is 21.2. The molecule has 0 aliphatic rings. The van der Waals surface area contributed by atoms with Gasteiger partial charge >= 0.3 is 6.03 Å². The van der Waals surface area contributed by atoms with Gasteiger partial charge in [0.05, 0.1) is 17.6 Å². The Morgan fingerprint density at radius 1 is 0.909 bits per heavy atom. The number of aryl methyl sites for hydroxylation is 1. The Labute approximate surface area is 259 Å². The summed E-state index contributed by atoms with van der Waals surface area (Å²) >= 11 is 1.62. The highest BCUT2D eigenvalue weighted by atomic mass is 32.1. The third-order valence-corrected chi connectivity index (χ3v) is 7.80. The molecule has 0 atom stereocenters. The van der Waals surface area contributed by atoms with E-state index in [9.17, 15) is 4.79 Å². The number of urea groups is 1. The van der Waals surface area contributed by atoms with Gasteiger partial charge in [-0.05, 0) is 48.9 Å². The predicted molar refractivity (Wildman–Crippen MR) is 175 cm³/mol. The summed E-state index contributed by atoms with van der Waals surface area (Å²) in [7, 11) is 0. The molecule has 0 unspecified atom stereocenters. The van der Waals surface area contributed by atoms with Gasteiger partial charge in [-0.1, -0.05) is 45.0 Å². The minimum atomic E-state index is -0.362. The van der Waals surface area contributed by atoms with Crippen LogP contribution in [0.1, 0.15) is 36.9 Å². The lowest BCUT2D eigenvalue weighted by atomic mass is 9.92. The van der Waals surface area contributed by atoms with E-state index < -0.39 is 0 Å². The standard InChI is InChI=1S/C33H32N8O2S/c1-21-9-12-31(44-21)41-30(18-27(40-41)33(2,3)4)39-32(42)37-25-10-11-26(24-8-6-5-7-23(24)25)43-20-22-13-14-35-28(17-22)38-29-19-34-15-16-36-29/h5-19H,20H2,1-4H3,(H,35,36,38)(H2,37,39,42). The maximum Gasteiger partial charge on any atom is 0.324 e. The third-order valence-electron chi connectivity index (χ3n) is 6.82. The summed E-state index contributed by atoms with van der Waals surface area (Å²) in [5, 5.41) is 16.7. The van der Waals surface area contributed by atoms with Crippen molar-refractivity contribution < 1.29 is 9.53 Å². The molecule has 6 rings (SSSR count). The number of pyridine rings is 1. The van der Waals surface area contributed by atoms with Crippen molar-refractivity contribution >= 4 is 51.3 Å². The van der Waals surface area contributed by atoms with Gasteiger partial charge < -0.3 is 15.4 Å². The lowest BCUT2D eigenvalue weighted by Gasteiger charge is -2.14. The largest absolute Gasteiger partial charge is 0.488 e. The zero-order chi connectivity index (χ0) is 30.7. The molecule has 222 valence electrons. The number of hydrogen-bond acceptors (Lipinski definition) is 8. The smallest absolute Gasteiger partial charge is 0.324 e. The van der Waals surface area contributed by atoms with Crippen LogP contribution in [0, 0.1) is 6.92 Å². The lowest BCUT2D eigenvalue weighted by Crippen LogP contribution is -2.21. The Bertz CT molecular complexity index is 1930. The molecule has 0 aliphatic heterocycles. The quantitative estimate of drug-likeness (QED) is 0.162. The molecule has 4 heterocycles. The number of anilines is 4. The van der Waals surface area contributed by atoms with Crippen molar-refractivity contribution in [3.8, 4) is 10.8 Å². The number of fused-ring (bicyclic) bond motifs is 1. The van der Waals surface area contributed by atoms with E-state index in [2.05, 4.69) is 51.7 Å². The number of amides is 2. The molecule has 0 saturated heterocycles. The molecule has 6 aromatic rings. The number of ether oxygens (including phenoxy) is 1. The van der Waals surface area contributed by atoms with E-state index >= 15 is 0 Å². The minimum Gasteiger partial charge on any atom is -0.488 e. The molecule has 0 bridgehead atoms. The predicted octanol–water partition coefficient (Wildman–Crippen LogP) is 7.84. The SMILES string of the molecule is Cc1ccc(-n2nc(C(C)(C)C)cc2NC(=O)Nc2ccc(OCc3ccnc(Nc4cnccn4)c3)c3ccccc23)s1. The van der Waals surface area contributed by atoms with E-state index in [-0.39, 0.29) is 11.4 Å². The molecule has 0 saturated carbocycles. The van der Waals surface area contributed by atoms with Gasteiger partial charge in [0.2, 0.25) is 0 Å². The Morgan fingerprint density at radius 2 is 1.73 bits per heavy atom. The van der Waals surface area contributed by atoms with Crippen LogP contribution in [0.15, 0.2) is 91.5 Å². The lowest BCUT2D eigenvalue weighted by molar-refractivity contribution is 0.262. The maximum atomic E-state index is 13.3. The van der Waals surface area contributed by atoms with Crippen molar-refractivity contribution in [1.29, 1.82) is 0 Å². The van der Waals surface area contributed by atoms with Crippen LogP contribution in [0.4, 0.5) is 27.9 Å². The number of nitrogens with one attached hydrogen (secondary N) is 3. The number of hydrogen-bond donors (Lipinski definition) is 3. The van der Waals surface area contributed by atoms with E-state index in [1.165, 1.54) is 4.88 Å². The molecule has 0 radical (unpaired) electrons. The molecule has 10 nitrogen and oxygen atoms in total. The van der Waals surface area contributed by atoms with Crippen LogP contribution in [0.3, 0.4) is 0 Å². The Kier molecular flexibility index (Phi) is 7.95. The van der Waals surface area contributed by atoms with Crippen molar-refractivity contribution in [2.24, 2.45) is 0 Å². The van der Waals surface area contributed by atoms with Crippen LogP contribution in [0.25, 0.3) is 15.8 Å². The fourth-order valence-electron chi connectivity index (χ4n) is 4.60. The van der Waals surface area contributed by atoms with E-state index in [1.807, 2.05) is 73.7 Å². The first-order valence-electron chi connectivity index (χ1n) is 14.1. The van der Waals surface area contributed by atoms with E-state index in [0.717, 1.165) is 27.0 Å². The van der Waals surface area contributed by atoms with Crippen molar-refractivity contribution in [3.05, 3.63) is 108 Å². The second kappa shape index (κ2) is 12.1. The number of nitrogens with zero attached hydrogens (tertiary/aromatic N) is 5. The summed E-state index contributed by atoms with van der Waals surface area (Å²) < 4.78 is 8.04. The number of rotatable bonds is 8. The fourth-order valence-corrected chi connectivity index (χ4v) is 5.43. The summed E-state index contributed by atoms with van der Waals surface area (Å²) in [6.45, 7) is 8.68. The normalized spacial score (nSPS) is 11.4. The molecule has 3 N–H and O–H groups in total. The van der Waals surface area contributed by atoms with Crippen molar-refractivity contribution in [3.63, 3.8) is 0 Å². The van der Waals surface area contributed by atoms with Crippen LogP contribution >= 0.6 is 11.3 Å².